The number of H-pyrrole nitrogens is 1. The Bertz CT molecular complexity index is 918. The Morgan fingerprint density at radius 2 is 1.91 bits per heavy atom. The van der Waals surface area contributed by atoms with Crippen LogP contribution in [-0.2, 0) is 16.4 Å². The first-order valence-corrected chi connectivity index (χ1v) is 8.49. The molecule has 0 aliphatic carbocycles. The minimum atomic E-state index is -3.18. The summed E-state index contributed by atoms with van der Waals surface area (Å²) in [7, 11) is -3.18. The van der Waals surface area contributed by atoms with Crippen molar-refractivity contribution in [1.29, 1.82) is 0 Å². The third kappa shape index (κ3) is 3.09. The van der Waals surface area contributed by atoms with Crippen LogP contribution in [0.25, 0.3) is 11.0 Å². The smallest absolute Gasteiger partial charge is 0.201 e. The van der Waals surface area contributed by atoms with E-state index in [4.69, 9.17) is 0 Å². The highest BCUT2D eigenvalue weighted by Crippen LogP contribution is 2.16. The number of hydrogen-bond donors (Lipinski definition) is 2. The third-order valence-electron chi connectivity index (χ3n) is 3.26. The zero-order valence-corrected chi connectivity index (χ0v) is 12.6. The first kappa shape index (κ1) is 14.5. The molecule has 1 aromatic heterocycles. The first-order chi connectivity index (χ1) is 10.4. The summed E-state index contributed by atoms with van der Waals surface area (Å²) in [5.41, 5.74) is 2.21. The summed E-state index contributed by atoms with van der Waals surface area (Å²) in [6, 6.07) is 11.0. The lowest BCUT2D eigenvalue weighted by Gasteiger charge is -2.04. The van der Waals surface area contributed by atoms with Crippen LogP contribution in [0.15, 0.2) is 47.4 Å². The van der Waals surface area contributed by atoms with Gasteiger partial charge in [0.2, 0.25) is 5.95 Å². The van der Waals surface area contributed by atoms with Crippen molar-refractivity contribution in [2.45, 2.75) is 11.4 Å². The summed E-state index contributed by atoms with van der Waals surface area (Å²) in [4.78, 5) is 7.57. The third-order valence-corrected chi connectivity index (χ3v) is 4.38. The lowest BCUT2D eigenvalue weighted by atomic mass is 10.2. The van der Waals surface area contributed by atoms with Crippen LogP contribution in [0.1, 0.15) is 5.56 Å². The minimum Gasteiger partial charge on any atom is -0.352 e. The monoisotopic (exact) mass is 319 g/mol. The van der Waals surface area contributed by atoms with Gasteiger partial charge in [0.05, 0.1) is 15.9 Å². The van der Waals surface area contributed by atoms with Crippen molar-refractivity contribution in [2.75, 3.05) is 11.6 Å². The van der Waals surface area contributed by atoms with Gasteiger partial charge in [0.15, 0.2) is 9.84 Å². The van der Waals surface area contributed by atoms with Crippen molar-refractivity contribution < 1.29 is 12.8 Å². The number of aromatic amines is 1. The van der Waals surface area contributed by atoms with Crippen molar-refractivity contribution in [1.82, 2.24) is 9.97 Å². The maximum atomic E-state index is 13.1. The van der Waals surface area contributed by atoms with Crippen molar-refractivity contribution in [3.63, 3.8) is 0 Å². The molecule has 0 fully saturated rings. The van der Waals surface area contributed by atoms with Crippen LogP contribution < -0.4 is 5.32 Å². The fourth-order valence-electron chi connectivity index (χ4n) is 2.11. The number of benzene rings is 2. The molecule has 0 aliphatic heterocycles. The Hall–Kier alpha value is -2.41. The molecule has 0 saturated carbocycles. The molecule has 0 saturated heterocycles. The molecular weight excluding hydrogens is 305 g/mol. The van der Waals surface area contributed by atoms with Gasteiger partial charge in [0.1, 0.15) is 5.82 Å². The summed E-state index contributed by atoms with van der Waals surface area (Å²) >= 11 is 0. The number of hydrogen-bond acceptors (Lipinski definition) is 4. The fourth-order valence-corrected chi connectivity index (χ4v) is 2.74. The van der Waals surface area contributed by atoms with Gasteiger partial charge >= 0.3 is 0 Å². The van der Waals surface area contributed by atoms with Crippen LogP contribution >= 0.6 is 0 Å². The lowest BCUT2D eigenvalue weighted by molar-refractivity contribution is 0.602. The second kappa shape index (κ2) is 5.42. The van der Waals surface area contributed by atoms with E-state index in [0.717, 1.165) is 5.56 Å². The average Bonchev–Trinajstić information content (AvgIpc) is 2.86. The van der Waals surface area contributed by atoms with E-state index in [0.29, 0.717) is 23.5 Å². The Morgan fingerprint density at radius 1 is 1.18 bits per heavy atom. The van der Waals surface area contributed by atoms with Gasteiger partial charge in [-0.2, -0.15) is 0 Å². The molecule has 0 radical (unpaired) electrons. The predicted molar refractivity (Wildman–Crippen MR) is 82.9 cm³/mol. The van der Waals surface area contributed by atoms with Crippen molar-refractivity contribution in [2.24, 2.45) is 0 Å². The summed E-state index contributed by atoms with van der Waals surface area (Å²) in [6.45, 7) is 0.479. The Kier molecular flexibility index (Phi) is 3.58. The second-order valence-electron chi connectivity index (χ2n) is 5.02. The number of halogens is 1. The Morgan fingerprint density at radius 3 is 2.59 bits per heavy atom. The normalized spacial score (nSPS) is 11.7. The molecule has 3 aromatic rings. The number of imidazole rings is 1. The van der Waals surface area contributed by atoms with E-state index in [2.05, 4.69) is 15.3 Å². The molecule has 22 heavy (non-hydrogen) atoms. The topological polar surface area (TPSA) is 74.8 Å². The van der Waals surface area contributed by atoms with Crippen LogP contribution in [0.3, 0.4) is 0 Å². The molecule has 5 nitrogen and oxygen atoms in total. The zero-order chi connectivity index (χ0) is 15.7. The van der Waals surface area contributed by atoms with E-state index in [1.165, 1.54) is 18.4 Å². The van der Waals surface area contributed by atoms with Gasteiger partial charge in [-0.05, 0) is 35.9 Å². The number of anilines is 1. The van der Waals surface area contributed by atoms with Crippen molar-refractivity contribution >= 4 is 26.8 Å². The highest BCUT2D eigenvalue weighted by Gasteiger charge is 2.07. The number of aromatic nitrogens is 2. The first-order valence-electron chi connectivity index (χ1n) is 6.60. The number of nitrogens with one attached hydrogen (secondary N) is 2. The number of sulfone groups is 1. The quantitative estimate of drug-likeness (QED) is 0.775. The Labute approximate surface area is 127 Å². The lowest BCUT2D eigenvalue weighted by Crippen LogP contribution is -2.02. The van der Waals surface area contributed by atoms with Crippen LogP contribution in [0.2, 0.25) is 0 Å². The van der Waals surface area contributed by atoms with Crippen LogP contribution in [0.4, 0.5) is 10.3 Å². The molecular formula is C15H14FN3O2S. The second-order valence-corrected chi connectivity index (χ2v) is 7.03. The van der Waals surface area contributed by atoms with E-state index in [1.807, 2.05) is 0 Å². The molecule has 0 spiro atoms. The molecule has 7 heteroatoms. The summed E-state index contributed by atoms with van der Waals surface area (Å²) in [5, 5.41) is 3.09. The Balaban J connectivity index is 1.73. The maximum absolute atomic E-state index is 13.1. The van der Waals surface area contributed by atoms with E-state index in [9.17, 15) is 12.8 Å². The largest absolute Gasteiger partial charge is 0.352 e. The van der Waals surface area contributed by atoms with Crippen LogP contribution in [0, 0.1) is 5.82 Å². The maximum Gasteiger partial charge on any atom is 0.201 e. The van der Waals surface area contributed by atoms with E-state index in [1.54, 1.807) is 30.3 Å². The van der Waals surface area contributed by atoms with E-state index >= 15 is 0 Å². The van der Waals surface area contributed by atoms with E-state index < -0.39 is 9.84 Å². The van der Waals surface area contributed by atoms with Crippen molar-refractivity contribution in [3.8, 4) is 0 Å². The standard InChI is InChI=1S/C15H14FN3O2S/c1-22(20,21)12-5-2-10(3-6-12)9-17-15-18-13-7-4-11(16)8-14(13)19-15/h2-8H,9H2,1H3,(H2,17,18,19). The molecule has 0 bridgehead atoms. The highest BCUT2D eigenvalue weighted by molar-refractivity contribution is 7.90. The molecule has 114 valence electrons. The summed E-state index contributed by atoms with van der Waals surface area (Å²) < 4.78 is 35.9. The average molecular weight is 319 g/mol. The minimum absolute atomic E-state index is 0.287. The van der Waals surface area contributed by atoms with Gasteiger partial charge in [-0.1, -0.05) is 12.1 Å². The van der Waals surface area contributed by atoms with Gasteiger partial charge < -0.3 is 10.3 Å². The molecule has 3 rings (SSSR count). The molecule has 0 atom stereocenters. The summed E-state index contributed by atoms with van der Waals surface area (Å²) in [5.74, 6) is 0.215. The van der Waals surface area contributed by atoms with E-state index in [-0.39, 0.29) is 10.7 Å². The van der Waals surface area contributed by atoms with Gasteiger partial charge in [0, 0.05) is 12.8 Å². The molecule has 1 heterocycles. The number of nitrogens with zero attached hydrogens (tertiary/aromatic N) is 1. The van der Waals surface area contributed by atoms with Gasteiger partial charge in [-0.15, -0.1) is 0 Å². The molecule has 2 N–H and O–H groups in total. The fraction of sp³-hybridized carbons (Fsp3) is 0.133. The van der Waals surface area contributed by atoms with Crippen molar-refractivity contribution in [3.05, 3.63) is 53.8 Å². The van der Waals surface area contributed by atoms with Crippen LogP contribution in [0.5, 0.6) is 0 Å². The number of fused-ring (bicyclic) bond motifs is 1. The van der Waals surface area contributed by atoms with Gasteiger partial charge in [-0.25, -0.2) is 17.8 Å². The molecule has 0 aliphatic rings. The SMILES string of the molecule is CS(=O)(=O)c1ccc(CNc2nc3ccc(F)cc3[nH]2)cc1. The molecule has 2 aromatic carbocycles. The zero-order valence-electron chi connectivity index (χ0n) is 11.8. The number of rotatable bonds is 4. The van der Waals surface area contributed by atoms with Gasteiger partial charge in [-0.3, -0.25) is 0 Å². The molecule has 0 amide bonds. The molecule has 0 unspecified atom stereocenters. The van der Waals surface area contributed by atoms with Gasteiger partial charge in [0.25, 0.3) is 0 Å². The predicted octanol–water partition coefficient (Wildman–Crippen LogP) is 2.72. The summed E-state index contributed by atoms with van der Waals surface area (Å²) in [6.07, 6.45) is 1.17. The van der Waals surface area contributed by atoms with Crippen LogP contribution in [-0.4, -0.2) is 24.6 Å². The highest BCUT2D eigenvalue weighted by atomic mass is 32.2.